The van der Waals surface area contributed by atoms with Crippen LogP contribution < -0.4 is 15.5 Å². The fourth-order valence-corrected chi connectivity index (χ4v) is 3.54. The van der Waals surface area contributed by atoms with Crippen LogP contribution in [0.4, 0.5) is 5.69 Å². The molecule has 0 atom stereocenters. The van der Waals surface area contributed by atoms with Crippen molar-refractivity contribution >= 4 is 35.6 Å². The number of guanidine groups is 1. The predicted molar refractivity (Wildman–Crippen MR) is 127 cm³/mol. The maximum Gasteiger partial charge on any atom is 0.191 e. The van der Waals surface area contributed by atoms with E-state index in [1.54, 1.807) is 0 Å². The molecule has 0 bridgehead atoms. The number of benzene rings is 1. The van der Waals surface area contributed by atoms with Gasteiger partial charge in [-0.2, -0.15) is 0 Å². The summed E-state index contributed by atoms with van der Waals surface area (Å²) in [5, 5.41) is 6.99. The Morgan fingerprint density at radius 1 is 1.21 bits per heavy atom. The van der Waals surface area contributed by atoms with Crippen LogP contribution in [0.15, 0.2) is 47.7 Å². The first-order chi connectivity index (χ1) is 13.2. The van der Waals surface area contributed by atoms with Crippen molar-refractivity contribution in [1.29, 1.82) is 0 Å². The highest BCUT2D eigenvalue weighted by Crippen LogP contribution is 2.19. The molecule has 1 aromatic heterocycles. The first kappa shape index (κ1) is 22.5. The summed E-state index contributed by atoms with van der Waals surface area (Å²) < 4.78 is 2.21. The fourth-order valence-electron chi connectivity index (χ4n) is 3.54. The van der Waals surface area contributed by atoms with Crippen LogP contribution in [0, 0.1) is 5.92 Å². The molecule has 1 aliphatic rings. The Morgan fingerprint density at radius 2 is 1.93 bits per heavy atom. The van der Waals surface area contributed by atoms with E-state index in [1.165, 1.54) is 5.69 Å². The van der Waals surface area contributed by atoms with Gasteiger partial charge in [0.05, 0.1) is 6.54 Å². The number of hydrogen-bond acceptors (Lipinski definition) is 3. The molecule has 0 radical (unpaired) electrons. The van der Waals surface area contributed by atoms with Gasteiger partial charge in [0, 0.05) is 50.8 Å². The van der Waals surface area contributed by atoms with E-state index in [2.05, 4.69) is 74.3 Å². The SMILES string of the molecule is CN=C(NCc1nccn1CC(C)C)NC1CCN(c2ccccc2)CC1.I. The van der Waals surface area contributed by atoms with Crippen molar-refractivity contribution in [3.05, 3.63) is 48.5 Å². The van der Waals surface area contributed by atoms with Crippen molar-refractivity contribution in [2.45, 2.75) is 45.8 Å². The highest BCUT2D eigenvalue weighted by molar-refractivity contribution is 14.0. The number of aromatic nitrogens is 2. The van der Waals surface area contributed by atoms with Gasteiger partial charge < -0.3 is 20.1 Å². The summed E-state index contributed by atoms with van der Waals surface area (Å²) in [6.07, 6.45) is 6.14. The van der Waals surface area contributed by atoms with E-state index in [4.69, 9.17) is 0 Å². The molecule has 2 aromatic rings. The number of para-hydroxylation sites is 1. The molecule has 0 spiro atoms. The van der Waals surface area contributed by atoms with E-state index in [-0.39, 0.29) is 24.0 Å². The molecule has 0 unspecified atom stereocenters. The molecule has 0 saturated carbocycles. The second-order valence-corrected chi connectivity index (χ2v) is 7.56. The van der Waals surface area contributed by atoms with E-state index >= 15 is 0 Å². The van der Waals surface area contributed by atoms with Crippen LogP contribution in [0.5, 0.6) is 0 Å². The number of piperidine rings is 1. The molecule has 28 heavy (non-hydrogen) atoms. The third-order valence-corrected chi connectivity index (χ3v) is 4.96. The molecular formula is C21H33IN6. The van der Waals surface area contributed by atoms with Crippen LogP contribution in [0.1, 0.15) is 32.5 Å². The highest BCUT2D eigenvalue weighted by atomic mass is 127. The first-order valence-electron chi connectivity index (χ1n) is 9.93. The van der Waals surface area contributed by atoms with Crippen molar-refractivity contribution in [3.8, 4) is 0 Å². The zero-order valence-corrected chi connectivity index (χ0v) is 19.5. The van der Waals surface area contributed by atoms with E-state index in [0.29, 0.717) is 18.5 Å². The van der Waals surface area contributed by atoms with Crippen molar-refractivity contribution in [2.75, 3.05) is 25.0 Å². The minimum Gasteiger partial charge on any atom is -0.371 e. The Bertz CT molecular complexity index is 720. The molecule has 2 N–H and O–H groups in total. The lowest BCUT2D eigenvalue weighted by atomic mass is 10.0. The Labute approximate surface area is 185 Å². The molecular weight excluding hydrogens is 463 g/mol. The number of imidazole rings is 1. The largest absolute Gasteiger partial charge is 0.371 e. The second kappa shape index (κ2) is 11.3. The number of rotatable bonds is 6. The predicted octanol–water partition coefficient (Wildman–Crippen LogP) is 3.49. The van der Waals surface area contributed by atoms with Crippen molar-refractivity contribution in [2.24, 2.45) is 10.9 Å². The smallest absolute Gasteiger partial charge is 0.191 e. The van der Waals surface area contributed by atoms with Crippen LogP contribution in [-0.2, 0) is 13.1 Å². The van der Waals surface area contributed by atoms with E-state index in [0.717, 1.165) is 44.3 Å². The average molecular weight is 496 g/mol. The third-order valence-electron chi connectivity index (χ3n) is 4.96. The van der Waals surface area contributed by atoms with Gasteiger partial charge >= 0.3 is 0 Å². The quantitative estimate of drug-likeness (QED) is 0.365. The zero-order valence-electron chi connectivity index (χ0n) is 17.1. The van der Waals surface area contributed by atoms with Gasteiger partial charge in [-0.15, -0.1) is 24.0 Å². The summed E-state index contributed by atoms with van der Waals surface area (Å²) in [5.74, 6) is 2.50. The number of aliphatic imine (C=N–C) groups is 1. The minimum atomic E-state index is 0. The van der Waals surface area contributed by atoms with E-state index in [9.17, 15) is 0 Å². The second-order valence-electron chi connectivity index (χ2n) is 7.56. The standard InChI is InChI=1S/C21H32N6.HI/c1-17(2)16-27-14-11-23-20(27)15-24-21(22-3)25-18-9-12-26(13-10-18)19-7-5-4-6-8-19;/h4-8,11,14,17-18H,9-10,12-13,15-16H2,1-3H3,(H2,22,24,25);1H. The number of hydrogen-bond donors (Lipinski definition) is 2. The zero-order chi connectivity index (χ0) is 19.1. The topological polar surface area (TPSA) is 57.5 Å². The van der Waals surface area contributed by atoms with Gasteiger partial charge in [-0.1, -0.05) is 32.0 Å². The Morgan fingerprint density at radius 3 is 2.57 bits per heavy atom. The summed E-state index contributed by atoms with van der Waals surface area (Å²) >= 11 is 0. The van der Waals surface area contributed by atoms with Gasteiger partial charge in [0.25, 0.3) is 0 Å². The van der Waals surface area contributed by atoms with Crippen molar-refractivity contribution in [3.63, 3.8) is 0 Å². The summed E-state index contributed by atoms with van der Waals surface area (Å²) in [4.78, 5) is 11.3. The normalized spacial score (nSPS) is 15.4. The lowest BCUT2D eigenvalue weighted by Crippen LogP contribution is -2.48. The molecule has 0 aliphatic carbocycles. The van der Waals surface area contributed by atoms with Crippen LogP contribution in [-0.4, -0.2) is 41.7 Å². The van der Waals surface area contributed by atoms with Crippen LogP contribution in [0.25, 0.3) is 0 Å². The molecule has 1 fully saturated rings. The highest BCUT2D eigenvalue weighted by Gasteiger charge is 2.20. The molecule has 0 amide bonds. The van der Waals surface area contributed by atoms with Crippen molar-refractivity contribution in [1.82, 2.24) is 20.2 Å². The maximum atomic E-state index is 4.48. The molecule has 154 valence electrons. The number of nitrogens with zero attached hydrogens (tertiary/aromatic N) is 4. The molecule has 6 nitrogen and oxygen atoms in total. The molecule has 1 aliphatic heterocycles. The molecule has 3 rings (SSSR count). The monoisotopic (exact) mass is 496 g/mol. The average Bonchev–Trinajstić information content (AvgIpc) is 3.12. The first-order valence-corrected chi connectivity index (χ1v) is 9.93. The third kappa shape index (κ3) is 6.39. The molecule has 2 heterocycles. The number of halogens is 1. The van der Waals surface area contributed by atoms with E-state index in [1.807, 2.05) is 19.4 Å². The van der Waals surface area contributed by atoms with Gasteiger partial charge in [-0.25, -0.2) is 4.98 Å². The van der Waals surface area contributed by atoms with Crippen LogP contribution in [0.3, 0.4) is 0 Å². The fraction of sp³-hybridized carbons (Fsp3) is 0.524. The molecule has 1 saturated heterocycles. The Hall–Kier alpha value is -1.77. The van der Waals surface area contributed by atoms with Gasteiger partial charge in [-0.3, -0.25) is 4.99 Å². The summed E-state index contributed by atoms with van der Waals surface area (Å²) in [6.45, 7) is 8.25. The Kier molecular flexibility index (Phi) is 9.08. The van der Waals surface area contributed by atoms with Crippen LogP contribution in [0.2, 0.25) is 0 Å². The number of anilines is 1. The lowest BCUT2D eigenvalue weighted by molar-refractivity contribution is 0.460. The van der Waals surface area contributed by atoms with Gasteiger partial charge in [-0.05, 0) is 30.9 Å². The van der Waals surface area contributed by atoms with Gasteiger partial charge in [0.15, 0.2) is 5.96 Å². The van der Waals surface area contributed by atoms with Gasteiger partial charge in [0.1, 0.15) is 5.82 Å². The van der Waals surface area contributed by atoms with Crippen molar-refractivity contribution < 1.29 is 0 Å². The molecule has 7 heteroatoms. The molecule has 1 aromatic carbocycles. The maximum absolute atomic E-state index is 4.48. The summed E-state index contributed by atoms with van der Waals surface area (Å²) in [6, 6.07) is 11.1. The van der Waals surface area contributed by atoms with E-state index < -0.39 is 0 Å². The van der Waals surface area contributed by atoms with Gasteiger partial charge in [0.2, 0.25) is 0 Å². The lowest BCUT2D eigenvalue weighted by Gasteiger charge is -2.34. The Balaban J connectivity index is 0.00000280. The number of nitrogens with one attached hydrogen (secondary N) is 2. The summed E-state index contributed by atoms with van der Waals surface area (Å²) in [5.41, 5.74) is 1.32. The minimum absolute atomic E-state index is 0. The van der Waals surface area contributed by atoms with Crippen LogP contribution >= 0.6 is 24.0 Å². The summed E-state index contributed by atoms with van der Waals surface area (Å²) in [7, 11) is 1.83.